The number of thiazole rings is 1. The van der Waals surface area contributed by atoms with Crippen molar-refractivity contribution in [1.82, 2.24) is 15.0 Å². The van der Waals surface area contributed by atoms with Crippen molar-refractivity contribution in [3.05, 3.63) is 27.8 Å². The van der Waals surface area contributed by atoms with Gasteiger partial charge >= 0.3 is 5.97 Å². The number of anilines is 1. The van der Waals surface area contributed by atoms with Crippen LogP contribution in [0.5, 0.6) is 0 Å². The van der Waals surface area contributed by atoms with Crippen LogP contribution in [0, 0.1) is 6.92 Å². The third kappa shape index (κ3) is 3.67. The van der Waals surface area contributed by atoms with E-state index in [0.717, 1.165) is 15.6 Å². The Hall–Kier alpha value is -1.67. The van der Waals surface area contributed by atoms with Crippen molar-refractivity contribution in [3.63, 3.8) is 0 Å². The second kappa shape index (κ2) is 6.67. The molecule has 2 rings (SSSR count). The highest BCUT2D eigenvalue weighted by atomic mass is 32.2. The van der Waals surface area contributed by atoms with E-state index in [0.29, 0.717) is 11.8 Å². The van der Waals surface area contributed by atoms with E-state index in [9.17, 15) is 4.79 Å². The van der Waals surface area contributed by atoms with Gasteiger partial charge in [0.2, 0.25) is 0 Å². The molecule has 0 atom stereocenters. The van der Waals surface area contributed by atoms with Gasteiger partial charge in [-0.3, -0.25) is 0 Å². The summed E-state index contributed by atoms with van der Waals surface area (Å²) in [6.45, 7) is 3.98. The van der Waals surface area contributed by atoms with Gasteiger partial charge in [0.25, 0.3) is 0 Å². The number of nitrogens with two attached hydrogens (primary N) is 1. The summed E-state index contributed by atoms with van der Waals surface area (Å²) in [6, 6.07) is 0. The molecule has 0 spiro atoms. The lowest BCUT2D eigenvalue weighted by atomic mass is 10.3. The first kappa shape index (κ1) is 14.7. The van der Waals surface area contributed by atoms with Crippen LogP contribution in [0.15, 0.2) is 17.6 Å². The van der Waals surface area contributed by atoms with Crippen molar-refractivity contribution < 1.29 is 9.53 Å². The number of nitrogen functional groups attached to an aromatic ring is 1. The maximum atomic E-state index is 11.6. The molecule has 2 N–H and O–H groups in total. The van der Waals surface area contributed by atoms with Gasteiger partial charge in [-0.25, -0.2) is 19.7 Å². The largest absolute Gasteiger partial charge is 0.462 e. The predicted octanol–water partition coefficient (Wildman–Crippen LogP) is 2.29. The molecule has 8 heteroatoms. The second-order valence-electron chi connectivity index (χ2n) is 3.81. The minimum atomic E-state index is -0.500. The summed E-state index contributed by atoms with van der Waals surface area (Å²) in [5.74, 6) is 0.366. The fraction of sp³-hybridized carbons (Fsp3) is 0.333. The number of nitrogens with zero attached hydrogens (tertiary/aromatic N) is 3. The monoisotopic (exact) mass is 310 g/mol. The van der Waals surface area contributed by atoms with E-state index < -0.39 is 5.97 Å². The van der Waals surface area contributed by atoms with E-state index in [2.05, 4.69) is 15.0 Å². The van der Waals surface area contributed by atoms with Crippen LogP contribution in [-0.2, 0) is 10.5 Å². The highest BCUT2D eigenvalue weighted by Gasteiger charge is 2.13. The van der Waals surface area contributed by atoms with Gasteiger partial charge in [0.15, 0.2) is 5.16 Å². The third-order valence-electron chi connectivity index (χ3n) is 2.30. The number of hydrogen-bond donors (Lipinski definition) is 1. The Bertz CT molecular complexity index is 615. The number of carbonyl (C=O) groups excluding carboxylic acids is 1. The molecule has 0 saturated heterocycles. The third-order valence-corrected chi connectivity index (χ3v) is 4.31. The lowest BCUT2D eigenvalue weighted by Gasteiger charge is -2.05. The summed E-state index contributed by atoms with van der Waals surface area (Å²) in [5.41, 5.74) is 5.95. The smallest absolute Gasteiger partial charge is 0.343 e. The fourth-order valence-electron chi connectivity index (χ4n) is 1.42. The zero-order valence-electron chi connectivity index (χ0n) is 11.1. The van der Waals surface area contributed by atoms with Crippen molar-refractivity contribution in [2.75, 3.05) is 12.3 Å². The van der Waals surface area contributed by atoms with Crippen molar-refractivity contribution >= 4 is 34.9 Å². The molecule has 0 aliphatic rings. The van der Waals surface area contributed by atoms with Crippen molar-refractivity contribution in [3.8, 4) is 0 Å². The normalized spacial score (nSPS) is 10.5. The summed E-state index contributed by atoms with van der Waals surface area (Å²) in [5, 5.41) is 1.56. The maximum absolute atomic E-state index is 11.6. The molecule has 6 nitrogen and oxygen atoms in total. The standard InChI is InChI=1S/C12H14N4O2S2/c1-3-18-11(17)9-5-15-12(16-10(9)13)19-6-8-4-14-7(2)20-8/h4-5H,3,6H2,1-2H3,(H2,13,15,16). The first-order valence-electron chi connectivity index (χ1n) is 5.94. The number of thioether (sulfide) groups is 1. The number of rotatable bonds is 5. The summed E-state index contributed by atoms with van der Waals surface area (Å²) < 4.78 is 4.87. The van der Waals surface area contributed by atoms with E-state index in [4.69, 9.17) is 10.5 Å². The van der Waals surface area contributed by atoms with Crippen LogP contribution in [0.2, 0.25) is 0 Å². The van der Waals surface area contributed by atoms with Crippen LogP contribution in [0.3, 0.4) is 0 Å². The molecular formula is C12H14N4O2S2. The average molecular weight is 310 g/mol. The summed E-state index contributed by atoms with van der Waals surface area (Å²) in [7, 11) is 0. The van der Waals surface area contributed by atoms with Gasteiger partial charge in [0.05, 0.1) is 11.6 Å². The highest BCUT2D eigenvalue weighted by molar-refractivity contribution is 7.98. The number of hydrogen-bond acceptors (Lipinski definition) is 8. The van der Waals surface area contributed by atoms with Gasteiger partial charge < -0.3 is 10.5 Å². The lowest BCUT2D eigenvalue weighted by molar-refractivity contribution is 0.0526. The molecular weight excluding hydrogens is 296 g/mol. The van der Waals surface area contributed by atoms with Crippen molar-refractivity contribution in [1.29, 1.82) is 0 Å². The van der Waals surface area contributed by atoms with E-state index in [1.807, 2.05) is 13.1 Å². The SMILES string of the molecule is CCOC(=O)c1cnc(SCc2cnc(C)s2)nc1N. The molecule has 0 aliphatic carbocycles. The van der Waals surface area contributed by atoms with Crippen LogP contribution in [-0.4, -0.2) is 27.5 Å². The number of aryl methyl sites for hydroxylation is 1. The first-order chi connectivity index (χ1) is 9.60. The van der Waals surface area contributed by atoms with Gasteiger partial charge in [-0.15, -0.1) is 11.3 Å². The number of carbonyl (C=O) groups is 1. The molecule has 106 valence electrons. The molecule has 0 amide bonds. The zero-order chi connectivity index (χ0) is 14.5. The van der Waals surface area contributed by atoms with Gasteiger partial charge in [-0.2, -0.15) is 0 Å². The predicted molar refractivity (Wildman–Crippen MR) is 78.8 cm³/mol. The molecule has 0 unspecified atom stereocenters. The Morgan fingerprint density at radius 3 is 2.85 bits per heavy atom. The van der Waals surface area contributed by atoms with E-state index in [1.54, 1.807) is 18.3 Å². The minimum absolute atomic E-state index is 0.140. The van der Waals surface area contributed by atoms with Crippen LogP contribution in [0.4, 0.5) is 5.82 Å². The number of esters is 1. The molecule has 20 heavy (non-hydrogen) atoms. The van der Waals surface area contributed by atoms with E-state index in [1.165, 1.54) is 18.0 Å². The van der Waals surface area contributed by atoms with Crippen molar-refractivity contribution in [2.45, 2.75) is 24.8 Å². The molecule has 0 fully saturated rings. The summed E-state index contributed by atoms with van der Waals surface area (Å²) in [4.78, 5) is 25.1. The quantitative estimate of drug-likeness (QED) is 0.514. The fourth-order valence-corrected chi connectivity index (χ4v) is 3.06. The number of ether oxygens (including phenoxy) is 1. The van der Waals surface area contributed by atoms with E-state index in [-0.39, 0.29) is 11.4 Å². The lowest BCUT2D eigenvalue weighted by Crippen LogP contribution is -2.10. The van der Waals surface area contributed by atoms with Crippen LogP contribution in [0.25, 0.3) is 0 Å². The number of aromatic nitrogens is 3. The van der Waals surface area contributed by atoms with E-state index >= 15 is 0 Å². The molecule has 0 aliphatic heterocycles. The Kier molecular flexibility index (Phi) is 4.91. The molecule has 0 bridgehead atoms. The highest BCUT2D eigenvalue weighted by Crippen LogP contribution is 2.24. The van der Waals surface area contributed by atoms with Gasteiger partial charge in [0.1, 0.15) is 11.4 Å². The molecule has 0 saturated carbocycles. The zero-order valence-corrected chi connectivity index (χ0v) is 12.8. The molecule has 0 aromatic carbocycles. The molecule has 2 aromatic heterocycles. The Labute approximate surface area is 124 Å². The Morgan fingerprint density at radius 2 is 2.25 bits per heavy atom. The first-order valence-corrected chi connectivity index (χ1v) is 7.74. The van der Waals surface area contributed by atoms with Crippen molar-refractivity contribution in [2.24, 2.45) is 0 Å². The molecule has 2 heterocycles. The second-order valence-corrected chi connectivity index (χ2v) is 6.07. The maximum Gasteiger partial charge on any atom is 0.343 e. The molecule has 2 aromatic rings. The average Bonchev–Trinajstić information content (AvgIpc) is 2.82. The molecule has 0 radical (unpaired) electrons. The van der Waals surface area contributed by atoms with Crippen LogP contribution < -0.4 is 5.73 Å². The minimum Gasteiger partial charge on any atom is -0.462 e. The van der Waals surface area contributed by atoms with Crippen LogP contribution >= 0.6 is 23.1 Å². The Balaban J connectivity index is 2.03. The topological polar surface area (TPSA) is 91.0 Å². The summed E-state index contributed by atoms with van der Waals surface area (Å²) in [6.07, 6.45) is 3.24. The van der Waals surface area contributed by atoms with Crippen LogP contribution in [0.1, 0.15) is 27.2 Å². The van der Waals surface area contributed by atoms with Gasteiger partial charge in [0, 0.05) is 23.0 Å². The van der Waals surface area contributed by atoms with Gasteiger partial charge in [-0.1, -0.05) is 11.8 Å². The summed E-state index contributed by atoms with van der Waals surface area (Å²) >= 11 is 3.08. The Morgan fingerprint density at radius 1 is 1.45 bits per heavy atom. The van der Waals surface area contributed by atoms with Gasteiger partial charge in [-0.05, 0) is 13.8 Å².